The Kier molecular flexibility index (Phi) is 4.30. The molecule has 2 aromatic heterocycles. The quantitative estimate of drug-likeness (QED) is 0.853. The summed E-state index contributed by atoms with van der Waals surface area (Å²) >= 11 is 5.93. The molecule has 0 fully saturated rings. The summed E-state index contributed by atoms with van der Waals surface area (Å²) < 4.78 is 4.82. The van der Waals surface area contributed by atoms with Crippen LogP contribution in [0.1, 0.15) is 16.4 Å². The number of anilines is 1. The Balaban J connectivity index is 1.95. The first kappa shape index (κ1) is 13.3. The first-order valence-electron chi connectivity index (χ1n) is 5.58. The van der Waals surface area contributed by atoms with Crippen LogP contribution in [0.4, 0.5) is 5.82 Å². The van der Waals surface area contributed by atoms with Crippen LogP contribution in [0.5, 0.6) is 0 Å². The minimum absolute atomic E-state index is 0.180. The molecule has 0 aromatic carbocycles. The van der Waals surface area contributed by atoms with E-state index < -0.39 is 0 Å². The second kappa shape index (κ2) is 6.14. The second-order valence-corrected chi connectivity index (χ2v) is 4.03. The fourth-order valence-electron chi connectivity index (χ4n) is 1.41. The maximum atomic E-state index is 11.9. The van der Waals surface area contributed by atoms with Crippen LogP contribution in [0.15, 0.2) is 23.0 Å². The molecule has 0 spiro atoms. The van der Waals surface area contributed by atoms with E-state index in [1.54, 1.807) is 19.2 Å². The largest absolute Gasteiger partial charge is 0.373 e. The molecule has 8 heteroatoms. The summed E-state index contributed by atoms with van der Waals surface area (Å²) in [6.45, 7) is 0.364. The highest BCUT2D eigenvalue weighted by molar-refractivity contribution is 6.33. The fourth-order valence-corrected chi connectivity index (χ4v) is 1.60. The molecule has 0 saturated carbocycles. The van der Waals surface area contributed by atoms with Crippen molar-refractivity contribution in [3.63, 3.8) is 0 Å². The van der Waals surface area contributed by atoms with Crippen molar-refractivity contribution in [2.45, 2.75) is 6.42 Å². The Labute approximate surface area is 114 Å². The molecule has 0 aliphatic heterocycles. The molecule has 7 nitrogen and oxygen atoms in total. The summed E-state index contributed by atoms with van der Waals surface area (Å²) in [7, 11) is 1.72. The van der Waals surface area contributed by atoms with E-state index in [-0.39, 0.29) is 11.6 Å². The monoisotopic (exact) mass is 281 g/mol. The summed E-state index contributed by atoms with van der Waals surface area (Å²) in [5, 5.41) is 9.31. The van der Waals surface area contributed by atoms with E-state index in [1.807, 2.05) is 0 Å². The van der Waals surface area contributed by atoms with Gasteiger partial charge < -0.3 is 15.2 Å². The molecule has 2 heterocycles. The van der Waals surface area contributed by atoms with Gasteiger partial charge in [0.2, 0.25) is 5.89 Å². The number of amides is 1. The average Bonchev–Trinajstić information content (AvgIpc) is 2.92. The third-order valence-electron chi connectivity index (χ3n) is 2.35. The van der Waals surface area contributed by atoms with Gasteiger partial charge in [-0.1, -0.05) is 16.8 Å². The zero-order valence-corrected chi connectivity index (χ0v) is 10.9. The molecule has 0 radical (unpaired) electrons. The van der Waals surface area contributed by atoms with Gasteiger partial charge in [0.25, 0.3) is 5.91 Å². The fraction of sp³-hybridized carbons (Fsp3) is 0.273. The lowest BCUT2D eigenvalue weighted by Gasteiger charge is -2.06. The van der Waals surface area contributed by atoms with Crippen LogP contribution in [-0.4, -0.2) is 34.6 Å². The van der Waals surface area contributed by atoms with E-state index in [0.717, 1.165) is 0 Å². The molecule has 0 aliphatic carbocycles. The number of nitrogens with one attached hydrogen (secondary N) is 2. The van der Waals surface area contributed by atoms with Crippen LogP contribution >= 0.6 is 11.6 Å². The van der Waals surface area contributed by atoms with Gasteiger partial charge in [0, 0.05) is 20.0 Å². The Morgan fingerprint density at radius 1 is 1.47 bits per heavy atom. The molecule has 19 heavy (non-hydrogen) atoms. The van der Waals surface area contributed by atoms with Crippen molar-refractivity contribution in [1.82, 2.24) is 20.4 Å². The maximum absolute atomic E-state index is 11.9. The van der Waals surface area contributed by atoms with Gasteiger partial charge in [-0.15, -0.1) is 0 Å². The van der Waals surface area contributed by atoms with Gasteiger partial charge in [-0.05, 0) is 12.1 Å². The molecule has 0 bridgehead atoms. The predicted molar refractivity (Wildman–Crippen MR) is 69.1 cm³/mol. The third-order valence-corrected chi connectivity index (χ3v) is 2.65. The van der Waals surface area contributed by atoms with Crippen LogP contribution in [0.3, 0.4) is 0 Å². The topological polar surface area (TPSA) is 92.9 Å². The van der Waals surface area contributed by atoms with Crippen molar-refractivity contribution in [3.05, 3.63) is 35.1 Å². The Bertz CT molecular complexity index is 558. The van der Waals surface area contributed by atoms with E-state index in [0.29, 0.717) is 29.7 Å². The van der Waals surface area contributed by atoms with Crippen molar-refractivity contribution in [2.75, 3.05) is 18.9 Å². The maximum Gasteiger partial charge on any atom is 0.271 e. The highest BCUT2D eigenvalue weighted by atomic mass is 35.5. The number of hydrogen-bond acceptors (Lipinski definition) is 6. The van der Waals surface area contributed by atoms with Gasteiger partial charge in [-0.3, -0.25) is 4.79 Å². The minimum atomic E-state index is -0.346. The summed E-state index contributed by atoms with van der Waals surface area (Å²) in [5.41, 5.74) is 0.180. The van der Waals surface area contributed by atoms with E-state index in [4.69, 9.17) is 16.1 Å². The van der Waals surface area contributed by atoms with Crippen LogP contribution in [-0.2, 0) is 6.42 Å². The molecule has 0 aliphatic rings. The summed E-state index contributed by atoms with van der Waals surface area (Å²) in [5.74, 6) is 0.691. The smallest absolute Gasteiger partial charge is 0.271 e. The standard InChI is InChI=1S/C11H12ClN5O2/c1-13-8-3-2-7(12)10(17-8)11(18)14-5-4-9-15-6-16-19-9/h2-3,6H,4-5H2,1H3,(H,13,17)(H,14,18). The lowest BCUT2D eigenvalue weighted by atomic mass is 10.3. The van der Waals surface area contributed by atoms with E-state index in [9.17, 15) is 4.79 Å². The molecule has 1 amide bonds. The van der Waals surface area contributed by atoms with E-state index in [2.05, 4.69) is 25.8 Å². The average molecular weight is 282 g/mol. The summed E-state index contributed by atoms with van der Waals surface area (Å²) in [6.07, 6.45) is 1.76. The Morgan fingerprint density at radius 3 is 3.00 bits per heavy atom. The van der Waals surface area contributed by atoms with Crippen LogP contribution in [0, 0.1) is 0 Å². The first-order chi connectivity index (χ1) is 9.20. The SMILES string of the molecule is CNc1ccc(Cl)c(C(=O)NCCc2ncno2)n1. The number of nitrogens with zero attached hydrogens (tertiary/aromatic N) is 3. The van der Waals surface area contributed by atoms with Crippen LogP contribution < -0.4 is 10.6 Å². The molecule has 0 saturated heterocycles. The van der Waals surface area contributed by atoms with Crippen LogP contribution in [0.25, 0.3) is 0 Å². The minimum Gasteiger partial charge on any atom is -0.373 e. The van der Waals surface area contributed by atoms with Crippen molar-refractivity contribution in [3.8, 4) is 0 Å². The van der Waals surface area contributed by atoms with Gasteiger partial charge >= 0.3 is 0 Å². The molecular weight excluding hydrogens is 270 g/mol. The van der Waals surface area contributed by atoms with Crippen molar-refractivity contribution in [1.29, 1.82) is 0 Å². The zero-order valence-electron chi connectivity index (χ0n) is 10.2. The van der Waals surface area contributed by atoms with Gasteiger partial charge in [0.1, 0.15) is 11.5 Å². The molecule has 0 unspecified atom stereocenters. The molecule has 2 N–H and O–H groups in total. The van der Waals surface area contributed by atoms with Gasteiger partial charge in [0.05, 0.1) is 5.02 Å². The van der Waals surface area contributed by atoms with Gasteiger partial charge in [-0.2, -0.15) is 4.98 Å². The molecule has 2 rings (SSSR count). The first-order valence-corrected chi connectivity index (χ1v) is 5.96. The predicted octanol–water partition coefficient (Wildman–Crippen LogP) is 1.13. The number of carbonyl (C=O) groups excluding carboxylic acids is 1. The molecule has 2 aromatic rings. The number of rotatable bonds is 5. The number of pyridine rings is 1. The normalized spacial score (nSPS) is 10.2. The van der Waals surface area contributed by atoms with Crippen molar-refractivity contribution in [2.24, 2.45) is 0 Å². The van der Waals surface area contributed by atoms with Gasteiger partial charge in [-0.25, -0.2) is 4.98 Å². The summed E-state index contributed by atoms with van der Waals surface area (Å²) in [6, 6.07) is 3.31. The summed E-state index contributed by atoms with van der Waals surface area (Å²) in [4.78, 5) is 19.9. The molecule has 100 valence electrons. The van der Waals surface area contributed by atoms with E-state index in [1.165, 1.54) is 6.33 Å². The molecule has 0 atom stereocenters. The molecular formula is C11H12ClN5O2. The number of hydrogen-bond donors (Lipinski definition) is 2. The lowest BCUT2D eigenvalue weighted by Crippen LogP contribution is -2.27. The number of carbonyl (C=O) groups is 1. The lowest BCUT2D eigenvalue weighted by molar-refractivity contribution is 0.0948. The van der Waals surface area contributed by atoms with Crippen molar-refractivity contribution < 1.29 is 9.32 Å². The Hall–Kier alpha value is -2.15. The number of halogens is 1. The Morgan fingerprint density at radius 2 is 2.32 bits per heavy atom. The number of aromatic nitrogens is 3. The zero-order chi connectivity index (χ0) is 13.7. The third kappa shape index (κ3) is 3.41. The van der Waals surface area contributed by atoms with Gasteiger partial charge in [0.15, 0.2) is 6.33 Å². The highest BCUT2D eigenvalue weighted by Gasteiger charge is 2.13. The second-order valence-electron chi connectivity index (χ2n) is 3.62. The van der Waals surface area contributed by atoms with Crippen LogP contribution in [0.2, 0.25) is 5.02 Å². The van der Waals surface area contributed by atoms with Crippen molar-refractivity contribution >= 4 is 23.3 Å². The van der Waals surface area contributed by atoms with E-state index >= 15 is 0 Å². The highest BCUT2D eigenvalue weighted by Crippen LogP contribution is 2.16.